The number of nitrogens with zero attached hydrogens (tertiary/aromatic N) is 3. The average molecular weight is 282 g/mol. The van der Waals surface area contributed by atoms with Crippen molar-refractivity contribution < 1.29 is 0 Å². The Kier molecular flexibility index (Phi) is 4.66. The van der Waals surface area contributed by atoms with Gasteiger partial charge in [-0.1, -0.05) is 20.3 Å². The molecule has 0 bridgehead atoms. The van der Waals surface area contributed by atoms with Gasteiger partial charge in [-0.15, -0.1) is 11.3 Å². The molecule has 0 amide bonds. The molecular formula is C12H18N4S2. The molecule has 98 valence electrons. The van der Waals surface area contributed by atoms with Gasteiger partial charge < -0.3 is 0 Å². The molecular weight excluding hydrogens is 264 g/mol. The first-order valence-electron chi connectivity index (χ1n) is 6.36. The molecule has 4 nitrogen and oxygen atoms in total. The van der Waals surface area contributed by atoms with Crippen LogP contribution in [0.15, 0.2) is 6.20 Å². The Morgan fingerprint density at radius 1 is 1.39 bits per heavy atom. The van der Waals surface area contributed by atoms with Crippen LogP contribution in [0.1, 0.15) is 38.1 Å². The van der Waals surface area contributed by atoms with E-state index in [0.29, 0.717) is 4.77 Å². The quantitative estimate of drug-likeness (QED) is 0.819. The molecule has 1 N–H and O–H groups in total. The number of aryl methyl sites for hydroxylation is 1. The lowest BCUT2D eigenvalue weighted by Crippen LogP contribution is -1.99. The number of aromatic amines is 1. The maximum atomic E-state index is 5.27. The van der Waals surface area contributed by atoms with Gasteiger partial charge in [-0.05, 0) is 31.5 Å². The second-order valence-corrected chi connectivity index (χ2v) is 5.73. The number of hydrogen-bond acceptors (Lipinski definition) is 4. The molecule has 2 aromatic rings. The molecule has 0 radical (unpaired) electrons. The lowest BCUT2D eigenvalue weighted by atomic mass is 10.3. The summed E-state index contributed by atoms with van der Waals surface area (Å²) in [4.78, 5) is 5.53. The van der Waals surface area contributed by atoms with E-state index in [1.54, 1.807) is 11.3 Å². The van der Waals surface area contributed by atoms with Crippen LogP contribution in [-0.2, 0) is 13.0 Å². The standard InChI is InChI=1S/C12H18N4S2/c1-3-5-7-16-11(14-15-12(16)17)9-8-13-10(18-9)6-4-2/h8H,3-7H2,1-2H3,(H,15,17). The van der Waals surface area contributed by atoms with Crippen molar-refractivity contribution in [3.05, 3.63) is 16.0 Å². The van der Waals surface area contributed by atoms with E-state index in [2.05, 4.69) is 33.6 Å². The molecule has 0 saturated carbocycles. The first-order chi connectivity index (χ1) is 8.76. The molecule has 0 aromatic carbocycles. The Bertz CT molecular complexity index is 552. The Labute approximate surface area is 116 Å². The smallest absolute Gasteiger partial charge is 0.195 e. The largest absolute Gasteiger partial charge is 0.299 e. The Morgan fingerprint density at radius 3 is 2.94 bits per heavy atom. The van der Waals surface area contributed by atoms with Crippen LogP contribution in [0.25, 0.3) is 10.7 Å². The molecule has 0 aliphatic rings. The monoisotopic (exact) mass is 282 g/mol. The molecule has 0 atom stereocenters. The molecule has 2 heterocycles. The second-order valence-electron chi connectivity index (χ2n) is 4.23. The molecule has 0 saturated heterocycles. The summed E-state index contributed by atoms with van der Waals surface area (Å²) in [5, 5.41) is 8.38. The van der Waals surface area contributed by atoms with E-state index in [1.807, 2.05) is 6.20 Å². The van der Waals surface area contributed by atoms with E-state index in [0.717, 1.165) is 42.9 Å². The summed E-state index contributed by atoms with van der Waals surface area (Å²) in [6.07, 6.45) is 6.32. The minimum Gasteiger partial charge on any atom is -0.299 e. The van der Waals surface area contributed by atoms with Crippen LogP contribution in [0.4, 0.5) is 0 Å². The van der Waals surface area contributed by atoms with Crippen LogP contribution in [0.5, 0.6) is 0 Å². The van der Waals surface area contributed by atoms with Crippen LogP contribution >= 0.6 is 23.6 Å². The van der Waals surface area contributed by atoms with Gasteiger partial charge in [-0.25, -0.2) is 4.98 Å². The number of unbranched alkanes of at least 4 members (excludes halogenated alkanes) is 1. The first-order valence-corrected chi connectivity index (χ1v) is 7.59. The van der Waals surface area contributed by atoms with Crippen molar-refractivity contribution in [2.24, 2.45) is 0 Å². The number of aromatic nitrogens is 4. The maximum absolute atomic E-state index is 5.27. The van der Waals surface area contributed by atoms with Gasteiger partial charge in [0.1, 0.15) is 0 Å². The van der Waals surface area contributed by atoms with Crippen molar-refractivity contribution in [1.82, 2.24) is 19.7 Å². The fourth-order valence-corrected chi connectivity index (χ4v) is 3.01. The third-order valence-corrected chi connectivity index (χ3v) is 4.10. The average Bonchev–Trinajstić information content (AvgIpc) is 2.94. The molecule has 2 aromatic heterocycles. The van der Waals surface area contributed by atoms with Gasteiger partial charge in [0, 0.05) is 12.7 Å². The third kappa shape index (κ3) is 2.87. The summed E-state index contributed by atoms with van der Waals surface area (Å²) in [5.41, 5.74) is 0. The first kappa shape index (κ1) is 13.4. The topological polar surface area (TPSA) is 46.5 Å². The van der Waals surface area contributed by atoms with Crippen LogP contribution in [0, 0.1) is 4.77 Å². The molecule has 0 aliphatic heterocycles. The Morgan fingerprint density at radius 2 is 2.22 bits per heavy atom. The summed E-state index contributed by atoms with van der Waals surface area (Å²) in [6.45, 7) is 5.26. The minimum absolute atomic E-state index is 0.698. The Hall–Kier alpha value is -1.01. The highest BCUT2D eigenvalue weighted by Gasteiger charge is 2.11. The molecule has 0 unspecified atom stereocenters. The van der Waals surface area contributed by atoms with Crippen molar-refractivity contribution in [1.29, 1.82) is 0 Å². The van der Waals surface area contributed by atoms with Gasteiger partial charge in [-0.3, -0.25) is 9.67 Å². The summed E-state index contributed by atoms with van der Waals surface area (Å²) >= 11 is 6.98. The maximum Gasteiger partial charge on any atom is 0.195 e. The SMILES string of the molecule is CCCCn1c(-c2cnc(CCC)s2)n[nH]c1=S. The lowest BCUT2D eigenvalue weighted by molar-refractivity contribution is 0.629. The molecule has 18 heavy (non-hydrogen) atoms. The number of nitrogens with one attached hydrogen (secondary N) is 1. The summed E-state index contributed by atoms with van der Waals surface area (Å²) in [7, 11) is 0. The molecule has 2 rings (SSSR count). The molecule has 0 fully saturated rings. The van der Waals surface area contributed by atoms with Crippen LogP contribution in [-0.4, -0.2) is 19.7 Å². The van der Waals surface area contributed by atoms with Crippen molar-refractivity contribution >= 4 is 23.6 Å². The predicted molar refractivity (Wildman–Crippen MR) is 77.4 cm³/mol. The number of rotatable bonds is 6. The molecule has 6 heteroatoms. The Balaban J connectivity index is 2.28. The van der Waals surface area contributed by atoms with Gasteiger partial charge in [0.2, 0.25) is 0 Å². The third-order valence-electron chi connectivity index (χ3n) is 2.73. The lowest BCUT2D eigenvalue weighted by Gasteiger charge is -2.03. The highest BCUT2D eigenvalue weighted by atomic mass is 32.1. The molecule has 0 spiro atoms. The predicted octanol–water partition coefficient (Wildman–Crippen LogP) is 3.82. The number of H-pyrrole nitrogens is 1. The minimum atomic E-state index is 0.698. The van der Waals surface area contributed by atoms with Gasteiger partial charge >= 0.3 is 0 Å². The van der Waals surface area contributed by atoms with E-state index < -0.39 is 0 Å². The van der Waals surface area contributed by atoms with Crippen molar-refractivity contribution in [3.63, 3.8) is 0 Å². The van der Waals surface area contributed by atoms with Crippen LogP contribution < -0.4 is 0 Å². The number of thiazole rings is 1. The van der Waals surface area contributed by atoms with E-state index >= 15 is 0 Å². The fourth-order valence-electron chi connectivity index (χ4n) is 1.77. The van der Waals surface area contributed by atoms with Crippen molar-refractivity contribution in [2.45, 2.75) is 46.1 Å². The summed E-state index contributed by atoms with van der Waals surface area (Å²) in [6, 6.07) is 0. The van der Waals surface area contributed by atoms with E-state index in [9.17, 15) is 0 Å². The van der Waals surface area contributed by atoms with Crippen molar-refractivity contribution in [2.75, 3.05) is 0 Å². The number of hydrogen-bond donors (Lipinski definition) is 1. The van der Waals surface area contributed by atoms with Gasteiger partial charge in [0.25, 0.3) is 0 Å². The van der Waals surface area contributed by atoms with Gasteiger partial charge in [0.15, 0.2) is 10.6 Å². The summed E-state index contributed by atoms with van der Waals surface area (Å²) in [5.74, 6) is 0.924. The zero-order valence-corrected chi connectivity index (χ0v) is 12.4. The van der Waals surface area contributed by atoms with E-state index in [-0.39, 0.29) is 0 Å². The fraction of sp³-hybridized carbons (Fsp3) is 0.583. The highest BCUT2D eigenvalue weighted by Crippen LogP contribution is 2.25. The van der Waals surface area contributed by atoms with E-state index in [1.165, 1.54) is 5.01 Å². The van der Waals surface area contributed by atoms with Crippen LogP contribution in [0.2, 0.25) is 0 Å². The van der Waals surface area contributed by atoms with Gasteiger partial charge in [-0.2, -0.15) is 5.10 Å². The second kappa shape index (κ2) is 6.24. The normalized spacial score (nSPS) is 11.0. The van der Waals surface area contributed by atoms with Gasteiger partial charge in [0.05, 0.1) is 9.88 Å². The molecule has 0 aliphatic carbocycles. The highest BCUT2D eigenvalue weighted by molar-refractivity contribution is 7.71. The zero-order chi connectivity index (χ0) is 13.0. The summed E-state index contributed by atoms with van der Waals surface area (Å²) < 4.78 is 2.77. The van der Waals surface area contributed by atoms with Crippen molar-refractivity contribution in [3.8, 4) is 10.7 Å². The zero-order valence-electron chi connectivity index (χ0n) is 10.8. The van der Waals surface area contributed by atoms with E-state index in [4.69, 9.17) is 12.2 Å². The van der Waals surface area contributed by atoms with Crippen LogP contribution in [0.3, 0.4) is 0 Å².